The van der Waals surface area contributed by atoms with E-state index >= 15 is 0 Å². The van der Waals surface area contributed by atoms with E-state index < -0.39 is 0 Å². The highest BCUT2D eigenvalue weighted by Crippen LogP contribution is 2.40. The van der Waals surface area contributed by atoms with Gasteiger partial charge in [-0.1, -0.05) is 19.3 Å². The zero-order valence-electron chi connectivity index (χ0n) is 10.9. The Balaban J connectivity index is 1.88. The Hall–Kier alpha value is 0.310. The van der Waals surface area contributed by atoms with Crippen LogP contribution in [0.15, 0.2) is 0 Å². The third-order valence-electron chi connectivity index (χ3n) is 4.83. The number of thiol groups is 1. The van der Waals surface area contributed by atoms with E-state index in [4.69, 9.17) is 0 Å². The van der Waals surface area contributed by atoms with E-state index in [1.807, 2.05) is 0 Å². The van der Waals surface area contributed by atoms with Crippen molar-refractivity contribution in [3.05, 3.63) is 0 Å². The Morgan fingerprint density at radius 1 is 1.25 bits per heavy atom. The first-order chi connectivity index (χ1) is 7.67. The van der Waals surface area contributed by atoms with Gasteiger partial charge in [0.1, 0.15) is 0 Å². The Morgan fingerprint density at radius 3 is 2.38 bits per heavy atom. The molecular formula is C14H27NS. The second kappa shape index (κ2) is 5.30. The van der Waals surface area contributed by atoms with Crippen LogP contribution in [0.3, 0.4) is 0 Å². The molecule has 0 spiro atoms. The lowest BCUT2D eigenvalue weighted by Crippen LogP contribution is -2.43. The van der Waals surface area contributed by atoms with Gasteiger partial charge in [-0.05, 0) is 56.7 Å². The summed E-state index contributed by atoms with van der Waals surface area (Å²) >= 11 is 4.63. The zero-order chi connectivity index (χ0) is 11.6. The summed E-state index contributed by atoms with van der Waals surface area (Å²) in [6, 6.07) is 0.790. The first-order valence-electron chi connectivity index (χ1n) is 6.98. The van der Waals surface area contributed by atoms with E-state index in [0.717, 1.165) is 17.7 Å². The summed E-state index contributed by atoms with van der Waals surface area (Å²) in [5.74, 6) is 2.07. The Kier molecular flexibility index (Phi) is 4.23. The third kappa shape index (κ3) is 2.95. The largest absolute Gasteiger partial charge is 0.303 e. The maximum absolute atomic E-state index is 4.63. The Morgan fingerprint density at radius 2 is 1.88 bits per heavy atom. The molecule has 2 aliphatic carbocycles. The molecule has 1 atom stereocenters. The molecule has 0 heterocycles. The second-order valence-electron chi connectivity index (χ2n) is 6.21. The van der Waals surface area contributed by atoms with Crippen LogP contribution in [0.25, 0.3) is 0 Å². The van der Waals surface area contributed by atoms with Gasteiger partial charge >= 0.3 is 0 Å². The molecule has 0 aliphatic heterocycles. The summed E-state index contributed by atoms with van der Waals surface area (Å²) in [6.45, 7) is 3.68. The fourth-order valence-electron chi connectivity index (χ4n) is 3.28. The van der Waals surface area contributed by atoms with E-state index in [9.17, 15) is 0 Å². The van der Waals surface area contributed by atoms with Crippen molar-refractivity contribution in [2.45, 2.75) is 57.9 Å². The van der Waals surface area contributed by atoms with E-state index in [0.29, 0.717) is 5.41 Å². The van der Waals surface area contributed by atoms with Crippen molar-refractivity contribution in [2.75, 3.05) is 19.3 Å². The van der Waals surface area contributed by atoms with Gasteiger partial charge in [0.25, 0.3) is 0 Å². The van der Waals surface area contributed by atoms with Crippen LogP contribution < -0.4 is 0 Å². The lowest BCUT2D eigenvalue weighted by molar-refractivity contribution is 0.112. The van der Waals surface area contributed by atoms with Gasteiger partial charge in [-0.3, -0.25) is 0 Å². The Labute approximate surface area is 106 Å². The second-order valence-corrected chi connectivity index (χ2v) is 6.53. The fourth-order valence-corrected chi connectivity index (χ4v) is 3.70. The summed E-state index contributed by atoms with van der Waals surface area (Å²) in [5.41, 5.74) is 0.527. The van der Waals surface area contributed by atoms with Crippen molar-refractivity contribution >= 4 is 12.6 Å². The summed E-state index contributed by atoms with van der Waals surface area (Å²) in [4.78, 5) is 2.61. The van der Waals surface area contributed by atoms with Crippen LogP contribution in [-0.2, 0) is 0 Å². The van der Waals surface area contributed by atoms with E-state index in [-0.39, 0.29) is 0 Å². The molecule has 1 unspecified atom stereocenters. The SMILES string of the molecule is CC(C1CC1)N(C)CC1(CS)CCCCC1. The molecule has 0 radical (unpaired) electrons. The molecule has 0 amide bonds. The number of nitrogens with zero attached hydrogens (tertiary/aromatic N) is 1. The van der Waals surface area contributed by atoms with Crippen molar-refractivity contribution in [3.8, 4) is 0 Å². The monoisotopic (exact) mass is 241 g/mol. The van der Waals surface area contributed by atoms with Crippen LogP contribution in [0, 0.1) is 11.3 Å². The molecule has 2 rings (SSSR count). The first-order valence-corrected chi connectivity index (χ1v) is 7.61. The van der Waals surface area contributed by atoms with Gasteiger partial charge in [-0.2, -0.15) is 12.6 Å². The maximum atomic E-state index is 4.63. The van der Waals surface area contributed by atoms with Crippen molar-refractivity contribution in [1.29, 1.82) is 0 Å². The van der Waals surface area contributed by atoms with E-state index in [2.05, 4.69) is 31.5 Å². The van der Waals surface area contributed by atoms with Gasteiger partial charge in [0.2, 0.25) is 0 Å². The smallest absolute Gasteiger partial charge is 0.00923 e. The molecule has 0 N–H and O–H groups in total. The zero-order valence-corrected chi connectivity index (χ0v) is 11.8. The average Bonchev–Trinajstić information content (AvgIpc) is 3.13. The van der Waals surface area contributed by atoms with Crippen LogP contribution in [-0.4, -0.2) is 30.3 Å². The van der Waals surface area contributed by atoms with Crippen molar-refractivity contribution < 1.29 is 0 Å². The summed E-state index contributed by atoms with van der Waals surface area (Å²) in [5, 5.41) is 0. The molecule has 94 valence electrons. The fraction of sp³-hybridized carbons (Fsp3) is 1.00. The standard InChI is InChI=1S/C14H27NS/c1-12(13-6-7-13)15(2)10-14(11-16)8-4-3-5-9-14/h12-13,16H,3-11H2,1-2H3. The highest BCUT2D eigenvalue weighted by Gasteiger charge is 2.36. The van der Waals surface area contributed by atoms with Gasteiger partial charge in [-0.25, -0.2) is 0 Å². The van der Waals surface area contributed by atoms with Gasteiger partial charge in [-0.15, -0.1) is 0 Å². The summed E-state index contributed by atoms with van der Waals surface area (Å²) in [6.07, 6.45) is 10.0. The van der Waals surface area contributed by atoms with Crippen molar-refractivity contribution in [1.82, 2.24) is 4.90 Å². The summed E-state index contributed by atoms with van der Waals surface area (Å²) < 4.78 is 0. The highest BCUT2D eigenvalue weighted by atomic mass is 32.1. The minimum atomic E-state index is 0.527. The van der Waals surface area contributed by atoms with Crippen LogP contribution in [0.1, 0.15) is 51.9 Å². The summed E-state index contributed by atoms with van der Waals surface area (Å²) in [7, 11) is 2.32. The molecule has 0 aromatic rings. The minimum Gasteiger partial charge on any atom is -0.303 e. The third-order valence-corrected chi connectivity index (χ3v) is 5.50. The van der Waals surface area contributed by atoms with Crippen LogP contribution in [0.4, 0.5) is 0 Å². The quantitative estimate of drug-likeness (QED) is 0.720. The Bertz CT molecular complexity index is 219. The first kappa shape index (κ1) is 12.8. The lowest BCUT2D eigenvalue weighted by atomic mass is 9.75. The molecule has 16 heavy (non-hydrogen) atoms. The predicted molar refractivity (Wildman–Crippen MR) is 74.2 cm³/mol. The minimum absolute atomic E-state index is 0.527. The van der Waals surface area contributed by atoms with Crippen LogP contribution in [0.2, 0.25) is 0 Å². The number of hydrogen-bond acceptors (Lipinski definition) is 2. The molecule has 0 aromatic carbocycles. The van der Waals surface area contributed by atoms with Crippen LogP contribution in [0.5, 0.6) is 0 Å². The van der Waals surface area contributed by atoms with E-state index in [1.165, 1.54) is 51.5 Å². The van der Waals surface area contributed by atoms with Crippen LogP contribution >= 0.6 is 12.6 Å². The molecule has 2 aliphatic rings. The van der Waals surface area contributed by atoms with E-state index in [1.54, 1.807) is 0 Å². The molecule has 2 fully saturated rings. The molecular weight excluding hydrogens is 214 g/mol. The van der Waals surface area contributed by atoms with Gasteiger partial charge < -0.3 is 4.90 Å². The van der Waals surface area contributed by atoms with Crippen molar-refractivity contribution in [3.63, 3.8) is 0 Å². The van der Waals surface area contributed by atoms with Gasteiger partial charge in [0, 0.05) is 12.6 Å². The average molecular weight is 241 g/mol. The molecule has 0 saturated heterocycles. The van der Waals surface area contributed by atoms with Gasteiger partial charge in [0.05, 0.1) is 0 Å². The normalized spacial score (nSPS) is 27.0. The number of rotatable bonds is 5. The highest BCUT2D eigenvalue weighted by molar-refractivity contribution is 7.80. The topological polar surface area (TPSA) is 3.24 Å². The molecule has 2 heteroatoms. The molecule has 0 bridgehead atoms. The lowest BCUT2D eigenvalue weighted by Gasteiger charge is -2.41. The maximum Gasteiger partial charge on any atom is 0.00923 e. The molecule has 1 nitrogen and oxygen atoms in total. The molecule has 2 saturated carbocycles. The molecule has 0 aromatic heterocycles. The number of hydrogen-bond donors (Lipinski definition) is 1. The van der Waals surface area contributed by atoms with Gasteiger partial charge in [0.15, 0.2) is 0 Å². The van der Waals surface area contributed by atoms with Crippen molar-refractivity contribution in [2.24, 2.45) is 11.3 Å². The predicted octanol–water partition coefficient (Wildman–Crippen LogP) is 3.60.